The minimum absolute atomic E-state index is 0.0987. The molecule has 0 aliphatic carbocycles. The number of carbonyl (C=O) groups is 2. The third-order valence-electron chi connectivity index (χ3n) is 5.47. The SMILES string of the molecule is COc1ccc(OC)c(N2CC(C(=O)NCc3ccnc(Oc4ccc(F)cc4)c3)CC2=O)c1. The second-order valence-electron chi connectivity index (χ2n) is 7.72. The molecule has 2 heterocycles. The van der Waals surface area contributed by atoms with Gasteiger partial charge in [0.05, 0.1) is 25.8 Å². The highest BCUT2D eigenvalue weighted by Gasteiger charge is 2.36. The first-order valence-electron chi connectivity index (χ1n) is 10.7. The second-order valence-corrected chi connectivity index (χ2v) is 7.72. The Hall–Kier alpha value is -4.14. The van der Waals surface area contributed by atoms with Crippen LogP contribution in [0.4, 0.5) is 10.1 Å². The molecule has 0 saturated carbocycles. The van der Waals surface area contributed by atoms with E-state index in [0.29, 0.717) is 28.8 Å². The van der Waals surface area contributed by atoms with E-state index in [-0.39, 0.29) is 37.1 Å². The van der Waals surface area contributed by atoms with Crippen molar-refractivity contribution in [3.05, 3.63) is 72.2 Å². The number of aromatic nitrogens is 1. The molecule has 1 atom stereocenters. The van der Waals surface area contributed by atoms with Gasteiger partial charge in [0.1, 0.15) is 23.1 Å². The number of hydrogen-bond acceptors (Lipinski definition) is 6. The van der Waals surface area contributed by atoms with E-state index in [4.69, 9.17) is 14.2 Å². The summed E-state index contributed by atoms with van der Waals surface area (Å²) in [6.45, 7) is 0.484. The van der Waals surface area contributed by atoms with Crippen molar-refractivity contribution < 1.29 is 28.2 Å². The first-order valence-corrected chi connectivity index (χ1v) is 10.7. The smallest absolute Gasteiger partial charge is 0.227 e. The fourth-order valence-corrected chi connectivity index (χ4v) is 3.70. The minimum Gasteiger partial charge on any atom is -0.497 e. The summed E-state index contributed by atoms with van der Waals surface area (Å²) in [5.41, 5.74) is 1.34. The molecule has 9 heteroatoms. The Morgan fingerprint density at radius 2 is 1.85 bits per heavy atom. The van der Waals surface area contributed by atoms with Gasteiger partial charge in [0.15, 0.2) is 0 Å². The molecule has 1 unspecified atom stereocenters. The standard InChI is InChI=1S/C25H24FN3O5/c1-32-20-7-8-22(33-2)21(13-20)29-15-17(12-24(29)30)25(31)28-14-16-9-10-27-23(11-16)34-19-5-3-18(26)4-6-19/h3-11,13,17H,12,14-15H2,1-2H3,(H,28,31). The molecule has 34 heavy (non-hydrogen) atoms. The highest BCUT2D eigenvalue weighted by atomic mass is 19.1. The minimum atomic E-state index is -0.500. The molecule has 3 aromatic rings. The zero-order valence-corrected chi connectivity index (χ0v) is 18.8. The maximum Gasteiger partial charge on any atom is 0.227 e. The molecule has 1 fully saturated rings. The van der Waals surface area contributed by atoms with E-state index in [1.54, 1.807) is 48.5 Å². The van der Waals surface area contributed by atoms with Gasteiger partial charge in [0, 0.05) is 37.8 Å². The number of halogens is 1. The summed E-state index contributed by atoms with van der Waals surface area (Å²) in [7, 11) is 3.07. The van der Waals surface area contributed by atoms with Crippen molar-refractivity contribution in [3.63, 3.8) is 0 Å². The van der Waals surface area contributed by atoms with Gasteiger partial charge < -0.3 is 24.4 Å². The number of carbonyl (C=O) groups excluding carboxylic acids is 2. The molecule has 1 aliphatic rings. The van der Waals surface area contributed by atoms with Crippen molar-refractivity contribution in [1.82, 2.24) is 10.3 Å². The van der Waals surface area contributed by atoms with Crippen LogP contribution in [0.15, 0.2) is 60.8 Å². The zero-order valence-electron chi connectivity index (χ0n) is 18.8. The predicted molar refractivity (Wildman–Crippen MR) is 123 cm³/mol. The number of nitrogens with one attached hydrogen (secondary N) is 1. The van der Waals surface area contributed by atoms with Gasteiger partial charge in [-0.05, 0) is 48.0 Å². The van der Waals surface area contributed by atoms with Gasteiger partial charge in [-0.15, -0.1) is 0 Å². The number of hydrogen-bond donors (Lipinski definition) is 1. The number of methoxy groups -OCH3 is 2. The quantitative estimate of drug-likeness (QED) is 0.546. The number of pyridine rings is 1. The Morgan fingerprint density at radius 3 is 2.59 bits per heavy atom. The Kier molecular flexibility index (Phi) is 6.91. The average molecular weight is 465 g/mol. The lowest BCUT2D eigenvalue weighted by molar-refractivity contribution is -0.126. The van der Waals surface area contributed by atoms with Gasteiger partial charge >= 0.3 is 0 Å². The molecular weight excluding hydrogens is 441 g/mol. The monoisotopic (exact) mass is 465 g/mol. The van der Waals surface area contributed by atoms with Crippen molar-refractivity contribution in [2.45, 2.75) is 13.0 Å². The normalized spacial score (nSPS) is 15.2. The van der Waals surface area contributed by atoms with Crippen LogP contribution in [0.2, 0.25) is 0 Å². The van der Waals surface area contributed by atoms with Crippen molar-refractivity contribution in [2.75, 3.05) is 25.7 Å². The molecule has 1 aliphatic heterocycles. The van der Waals surface area contributed by atoms with Crippen LogP contribution in [0.3, 0.4) is 0 Å². The molecule has 1 saturated heterocycles. The number of rotatable bonds is 8. The number of nitrogens with zero attached hydrogens (tertiary/aromatic N) is 2. The average Bonchev–Trinajstić information content (AvgIpc) is 3.25. The Balaban J connectivity index is 1.38. The van der Waals surface area contributed by atoms with E-state index < -0.39 is 5.92 Å². The molecule has 1 aromatic heterocycles. The molecule has 4 rings (SSSR count). The molecule has 8 nitrogen and oxygen atoms in total. The Morgan fingerprint density at radius 1 is 1.09 bits per heavy atom. The molecule has 176 valence electrons. The molecule has 0 spiro atoms. The molecule has 0 radical (unpaired) electrons. The summed E-state index contributed by atoms with van der Waals surface area (Å²) in [4.78, 5) is 31.2. The van der Waals surface area contributed by atoms with E-state index in [1.807, 2.05) is 0 Å². The first-order chi connectivity index (χ1) is 16.5. The highest BCUT2D eigenvalue weighted by Crippen LogP contribution is 2.36. The largest absolute Gasteiger partial charge is 0.497 e. The lowest BCUT2D eigenvalue weighted by Crippen LogP contribution is -2.32. The van der Waals surface area contributed by atoms with Crippen LogP contribution in [0.5, 0.6) is 23.1 Å². The van der Waals surface area contributed by atoms with Crippen LogP contribution in [0.25, 0.3) is 0 Å². The summed E-state index contributed by atoms with van der Waals surface area (Å²) in [5, 5.41) is 2.88. The summed E-state index contributed by atoms with van der Waals surface area (Å²) in [6, 6.07) is 14.2. The van der Waals surface area contributed by atoms with Crippen LogP contribution >= 0.6 is 0 Å². The van der Waals surface area contributed by atoms with Gasteiger partial charge in [0.2, 0.25) is 17.7 Å². The lowest BCUT2D eigenvalue weighted by Gasteiger charge is -2.20. The van der Waals surface area contributed by atoms with Crippen LogP contribution in [0.1, 0.15) is 12.0 Å². The second kappa shape index (κ2) is 10.2. The first kappa shape index (κ1) is 23.0. The van der Waals surface area contributed by atoms with Gasteiger partial charge in [-0.3, -0.25) is 9.59 Å². The maximum absolute atomic E-state index is 13.1. The highest BCUT2D eigenvalue weighted by molar-refractivity contribution is 6.01. The molecule has 2 amide bonds. The van der Waals surface area contributed by atoms with Crippen molar-refractivity contribution in [2.24, 2.45) is 5.92 Å². The fourth-order valence-electron chi connectivity index (χ4n) is 3.70. The van der Waals surface area contributed by atoms with Gasteiger partial charge in [-0.1, -0.05) is 0 Å². The van der Waals surface area contributed by atoms with Crippen LogP contribution in [-0.4, -0.2) is 37.6 Å². The number of benzene rings is 2. The lowest BCUT2D eigenvalue weighted by atomic mass is 10.1. The molecular formula is C25H24FN3O5. The Bertz CT molecular complexity index is 1190. The van der Waals surface area contributed by atoms with E-state index in [2.05, 4.69) is 10.3 Å². The summed E-state index contributed by atoms with van der Waals surface area (Å²) >= 11 is 0. The van der Waals surface area contributed by atoms with Gasteiger partial charge in [-0.25, -0.2) is 9.37 Å². The zero-order chi connectivity index (χ0) is 24.1. The van der Waals surface area contributed by atoms with Gasteiger partial charge in [0.25, 0.3) is 0 Å². The van der Waals surface area contributed by atoms with Crippen LogP contribution in [-0.2, 0) is 16.1 Å². The van der Waals surface area contributed by atoms with Crippen molar-refractivity contribution in [1.29, 1.82) is 0 Å². The van der Waals surface area contributed by atoms with E-state index >= 15 is 0 Å². The van der Waals surface area contributed by atoms with E-state index in [0.717, 1.165) is 5.56 Å². The number of ether oxygens (including phenoxy) is 3. The maximum atomic E-state index is 13.1. The van der Waals surface area contributed by atoms with Crippen LogP contribution in [0, 0.1) is 11.7 Å². The van der Waals surface area contributed by atoms with Crippen molar-refractivity contribution in [3.8, 4) is 23.1 Å². The van der Waals surface area contributed by atoms with Crippen molar-refractivity contribution >= 4 is 17.5 Å². The topological polar surface area (TPSA) is 90.0 Å². The molecule has 1 N–H and O–H groups in total. The van der Waals surface area contributed by atoms with E-state index in [1.165, 1.54) is 31.4 Å². The fraction of sp³-hybridized carbons (Fsp3) is 0.240. The summed E-state index contributed by atoms with van der Waals surface area (Å²) in [6.07, 6.45) is 1.66. The van der Waals surface area contributed by atoms with Crippen LogP contribution < -0.4 is 24.4 Å². The summed E-state index contributed by atoms with van der Waals surface area (Å²) in [5.74, 6) is 0.652. The third kappa shape index (κ3) is 5.25. The number of anilines is 1. The molecule has 2 aromatic carbocycles. The summed E-state index contributed by atoms with van der Waals surface area (Å²) < 4.78 is 29.3. The molecule has 0 bridgehead atoms. The Labute approximate surface area is 196 Å². The van der Waals surface area contributed by atoms with Gasteiger partial charge in [-0.2, -0.15) is 0 Å². The third-order valence-corrected chi connectivity index (χ3v) is 5.47. The number of amides is 2. The van der Waals surface area contributed by atoms with E-state index in [9.17, 15) is 14.0 Å². The predicted octanol–water partition coefficient (Wildman–Crippen LogP) is 3.70.